The first-order valence-electron chi connectivity index (χ1n) is 6.07. The molecule has 18 heavy (non-hydrogen) atoms. The maximum Gasteiger partial charge on any atom is 0.286 e. The number of furan rings is 1. The van der Waals surface area contributed by atoms with E-state index in [2.05, 4.69) is 16.0 Å². The zero-order chi connectivity index (χ0) is 12.8. The van der Waals surface area contributed by atoms with Gasteiger partial charge in [-0.1, -0.05) is 0 Å². The minimum atomic E-state index is -0.296. The van der Waals surface area contributed by atoms with Crippen molar-refractivity contribution in [2.45, 2.75) is 18.9 Å². The molecule has 1 aliphatic rings. The van der Waals surface area contributed by atoms with Crippen LogP contribution in [-0.2, 0) is 4.79 Å². The van der Waals surface area contributed by atoms with E-state index < -0.39 is 0 Å². The third-order valence-corrected chi connectivity index (χ3v) is 2.81. The van der Waals surface area contributed by atoms with E-state index in [1.54, 1.807) is 12.1 Å². The molecule has 3 N–H and O–H groups in total. The molecule has 2 heterocycles. The third kappa shape index (κ3) is 3.59. The maximum atomic E-state index is 11.6. The monoisotopic (exact) mass is 251 g/mol. The number of rotatable bonds is 5. The van der Waals surface area contributed by atoms with Crippen LogP contribution in [0.3, 0.4) is 0 Å². The molecule has 98 valence electrons. The van der Waals surface area contributed by atoms with Crippen molar-refractivity contribution in [3.63, 3.8) is 0 Å². The Morgan fingerprint density at radius 1 is 1.50 bits per heavy atom. The molecular weight excluding hydrogens is 234 g/mol. The van der Waals surface area contributed by atoms with E-state index in [4.69, 9.17) is 4.42 Å². The van der Waals surface area contributed by atoms with Crippen molar-refractivity contribution in [2.24, 2.45) is 0 Å². The Hall–Kier alpha value is -1.82. The summed E-state index contributed by atoms with van der Waals surface area (Å²) in [6.07, 6.45) is 2.68. The molecule has 0 aliphatic carbocycles. The quantitative estimate of drug-likeness (QED) is 0.681. The molecule has 1 aromatic rings. The van der Waals surface area contributed by atoms with Crippen LogP contribution in [0, 0.1) is 0 Å². The lowest BCUT2D eigenvalue weighted by Crippen LogP contribution is -2.38. The van der Waals surface area contributed by atoms with Gasteiger partial charge in [0.15, 0.2) is 5.76 Å². The van der Waals surface area contributed by atoms with Crippen LogP contribution < -0.4 is 16.0 Å². The highest BCUT2D eigenvalue weighted by molar-refractivity contribution is 5.91. The van der Waals surface area contributed by atoms with E-state index in [-0.39, 0.29) is 30.0 Å². The normalized spacial score (nSPS) is 18.6. The molecule has 0 saturated carbocycles. The summed E-state index contributed by atoms with van der Waals surface area (Å²) in [4.78, 5) is 23.0. The molecule has 1 fully saturated rings. The molecule has 1 aliphatic heterocycles. The molecule has 6 heteroatoms. The van der Waals surface area contributed by atoms with E-state index >= 15 is 0 Å². The second-order valence-corrected chi connectivity index (χ2v) is 4.24. The lowest BCUT2D eigenvalue weighted by molar-refractivity contribution is -0.121. The van der Waals surface area contributed by atoms with Crippen molar-refractivity contribution in [1.82, 2.24) is 16.0 Å². The summed E-state index contributed by atoms with van der Waals surface area (Å²) in [5.41, 5.74) is 0. The van der Waals surface area contributed by atoms with E-state index in [1.165, 1.54) is 6.26 Å². The van der Waals surface area contributed by atoms with Crippen LogP contribution >= 0.6 is 0 Å². The molecular formula is C12H17N3O3. The van der Waals surface area contributed by atoms with Gasteiger partial charge in [0, 0.05) is 25.6 Å². The zero-order valence-corrected chi connectivity index (χ0v) is 10.1. The van der Waals surface area contributed by atoms with Crippen LogP contribution in [0.1, 0.15) is 23.4 Å². The fourth-order valence-electron chi connectivity index (χ4n) is 1.86. The first-order chi connectivity index (χ1) is 8.75. The van der Waals surface area contributed by atoms with Gasteiger partial charge in [-0.3, -0.25) is 9.59 Å². The van der Waals surface area contributed by atoms with Crippen molar-refractivity contribution in [3.05, 3.63) is 24.2 Å². The molecule has 0 spiro atoms. The third-order valence-electron chi connectivity index (χ3n) is 2.81. The average molecular weight is 251 g/mol. The number of carbonyl (C=O) groups is 2. The summed E-state index contributed by atoms with van der Waals surface area (Å²) in [5.74, 6) is -0.0748. The molecule has 0 bridgehead atoms. The van der Waals surface area contributed by atoms with Crippen LogP contribution in [0.15, 0.2) is 22.8 Å². The summed E-state index contributed by atoms with van der Waals surface area (Å²) in [6, 6.07) is 3.45. The molecule has 0 aromatic carbocycles. The number of amides is 2. The topological polar surface area (TPSA) is 83.4 Å². The van der Waals surface area contributed by atoms with Gasteiger partial charge in [-0.15, -0.1) is 0 Å². The number of hydrogen-bond acceptors (Lipinski definition) is 4. The van der Waals surface area contributed by atoms with E-state index in [0.717, 1.165) is 19.5 Å². The second-order valence-electron chi connectivity index (χ2n) is 4.24. The van der Waals surface area contributed by atoms with Gasteiger partial charge in [-0.25, -0.2) is 0 Å². The van der Waals surface area contributed by atoms with Crippen LogP contribution in [0.25, 0.3) is 0 Å². The Labute approximate surface area is 105 Å². The summed E-state index contributed by atoms with van der Waals surface area (Å²) in [5, 5.41) is 8.72. The standard InChI is InChI=1S/C12H17N3O3/c16-11(15-9-3-5-13-8-9)4-6-14-12(17)10-2-1-7-18-10/h1-2,7,9,13H,3-6,8H2,(H,14,17)(H,15,16). The molecule has 6 nitrogen and oxygen atoms in total. The van der Waals surface area contributed by atoms with Crippen LogP contribution in [0.5, 0.6) is 0 Å². The number of hydrogen-bond donors (Lipinski definition) is 3. The Morgan fingerprint density at radius 2 is 2.39 bits per heavy atom. The first kappa shape index (κ1) is 12.6. The van der Waals surface area contributed by atoms with Gasteiger partial charge in [0.1, 0.15) is 0 Å². The summed E-state index contributed by atoms with van der Waals surface area (Å²) < 4.78 is 4.94. The first-order valence-corrected chi connectivity index (χ1v) is 6.07. The fraction of sp³-hybridized carbons (Fsp3) is 0.500. The Morgan fingerprint density at radius 3 is 3.06 bits per heavy atom. The van der Waals surface area contributed by atoms with Gasteiger partial charge in [0.05, 0.1) is 6.26 Å². The molecule has 1 saturated heterocycles. The van der Waals surface area contributed by atoms with Crippen LogP contribution in [0.2, 0.25) is 0 Å². The van der Waals surface area contributed by atoms with Gasteiger partial charge in [0.25, 0.3) is 5.91 Å². The Bertz CT molecular complexity index is 397. The molecule has 1 unspecified atom stereocenters. The van der Waals surface area contributed by atoms with Gasteiger partial charge in [-0.05, 0) is 25.1 Å². The molecule has 2 amide bonds. The summed E-state index contributed by atoms with van der Waals surface area (Å²) >= 11 is 0. The van der Waals surface area contributed by atoms with Gasteiger partial charge >= 0.3 is 0 Å². The van der Waals surface area contributed by atoms with Crippen molar-refractivity contribution >= 4 is 11.8 Å². The van der Waals surface area contributed by atoms with Crippen molar-refractivity contribution in [2.75, 3.05) is 19.6 Å². The lowest BCUT2D eigenvalue weighted by Gasteiger charge is -2.11. The van der Waals surface area contributed by atoms with Crippen molar-refractivity contribution in [3.8, 4) is 0 Å². The van der Waals surface area contributed by atoms with Crippen LogP contribution in [0.4, 0.5) is 0 Å². The van der Waals surface area contributed by atoms with E-state index in [0.29, 0.717) is 6.54 Å². The minimum absolute atomic E-state index is 0.0385. The highest BCUT2D eigenvalue weighted by Crippen LogP contribution is 1.99. The Balaban J connectivity index is 1.62. The van der Waals surface area contributed by atoms with Gasteiger partial charge < -0.3 is 20.4 Å². The highest BCUT2D eigenvalue weighted by atomic mass is 16.3. The highest BCUT2D eigenvalue weighted by Gasteiger charge is 2.16. The molecule has 1 aromatic heterocycles. The predicted molar refractivity (Wildman–Crippen MR) is 65.1 cm³/mol. The van der Waals surface area contributed by atoms with Gasteiger partial charge in [0.2, 0.25) is 5.91 Å². The van der Waals surface area contributed by atoms with E-state index in [9.17, 15) is 9.59 Å². The predicted octanol–water partition coefficient (Wildman–Crippen LogP) is -0.122. The molecule has 2 rings (SSSR count). The smallest absolute Gasteiger partial charge is 0.286 e. The van der Waals surface area contributed by atoms with Crippen molar-refractivity contribution < 1.29 is 14.0 Å². The van der Waals surface area contributed by atoms with Crippen molar-refractivity contribution in [1.29, 1.82) is 0 Å². The minimum Gasteiger partial charge on any atom is -0.459 e. The van der Waals surface area contributed by atoms with E-state index in [1.807, 2.05) is 0 Å². The second kappa shape index (κ2) is 6.20. The van der Waals surface area contributed by atoms with Gasteiger partial charge in [-0.2, -0.15) is 0 Å². The molecule has 0 radical (unpaired) electrons. The number of nitrogens with one attached hydrogen (secondary N) is 3. The van der Waals surface area contributed by atoms with Crippen LogP contribution in [-0.4, -0.2) is 37.5 Å². The number of carbonyl (C=O) groups excluding carboxylic acids is 2. The molecule has 1 atom stereocenters. The zero-order valence-electron chi connectivity index (χ0n) is 10.1. The SMILES string of the molecule is O=C(CCNC(=O)c1ccco1)NC1CCNC1. The largest absolute Gasteiger partial charge is 0.459 e. The Kier molecular flexibility index (Phi) is 4.35. The maximum absolute atomic E-state index is 11.6. The average Bonchev–Trinajstić information content (AvgIpc) is 3.00. The summed E-state index contributed by atoms with van der Waals surface area (Å²) in [6.45, 7) is 2.08. The fourth-order valence-corrected chi connectivity index (χ4v) is 1.86. The lowest BCUT2D eigenvalue weighted by atomic mass is 10.2. The summed E-state index contributed by atoms with van der Waals surface area (Å²) in [7, 11) is 0.